The predicted molar refractivity (Wildman–Crippen MR) is 47.9 cm³/mol. The molecule has 1 aliphatic rings. The molecule has 0 aliphatic carbocycles. The van der Waals surface area contributed by atoms with Crippen LogP contribution in [0.4, 0.5) is 0 Å². The van der Waals surface area contributed by atoms with Crippen molar-refractivity contribution in [2.45, 2.75) is 4.95 Å². The highest BCUT2D eigenvalue weighted by atomic mass is 79.9. The quantitative estimate of drug-likeness (QED) is 0.541. The molecule has 0 radical (unpaired) electrons. The number of alkyl halides is 1. The number of hydrogen-bond donors (Lipinski definition) is 1. The predicted octanol–water partition coefficient (Wildman–Crippen LogP) is 0.753. The molecule has 62 valence electrons. The molecule has 11 heavy (non-hydrogen) atoms. The second-order valence-corrected chi connectivity index (χ2v) is 5.25. The molecule has 0 bridgehead atoms. The van der Waals surface area contributed by atoms with Crippen LogP contribution in [0.25, 0.3) is 0 Å². The van der Waals surface area contributed by atoms with Crippen LogP contribution < -0.4 is 5.32 Å². The fourth-order valence-electron chi connectivity index (χ4n) is 0.675. The highest BCUT2D eigenvalue weighted by Gasteiger charge is 2.11. The topological polar surface area (TPSA) is 46.2 Å². The molecule has 1 heterocycles. The second-order valence-electron chi connectivity index (χ2n) is 2.25. The first kappa shape index (κ1) is 8.80. The first-order valence-corrected chi connectivity index (χ1v) is 5.79. The summed E-state index contributed by atoms with van der Waals surface area (Å²) in [5.74, 6) is 0. The summed E-state index contributed by atoms with van der Waals surface area (Å²) in [4.78, 5) is 0.348. The summed E-state index contributed by atoms with van der Waals surface area (Å²) in [7, 11) is -3.06. The molecule has 1 unspecified atom stereocenters. The first-order valence-electron chi connectivity index (χ1n) is 2.99. The van der Waals surface area contributed by atoms with E-state index in [0.29, 0.717) is 4.91 Å². The molecule has 0 fully saturated rings. The Balaban J connectivity index is 2.89. The first-order chi connectivity index (χ1) is 5.00. The summed E-state index contributed by atoms with van der Waals surface area (Å²) in [6, 6.07) is 0. The zero-order valence-corrected chi connectivity index (χ0v) is 8.31. The fourth-order valence-corrected chi connectivity index (χ4v) is 1.57. The van der Waals surface area contributed by atoms with E-state index in [-0.39, 0.29) is 4.95 Å². The average molecular weight is 238 g/mol. The van der Waals surface area contributed by atoms with Gasteiger partial charge in [-0.3, -0.25) is 0 Å². The van der Waals surface area contributed by atoms with Crippen molar-refractivity contribution in [2.24, 2.45) is 0 Å². The van der Waals surface area contributed by atoms with E-state index < -0.39 is 9.84 Å². The molecule has 0 aromatic rings. The third-order valence-electron chi connectivity index (χ3n) is 1.24. The van der Waals surface area contributed by atoms with E-state index >= 15 is 0 Å². The van der Waals surface area contributed by atoms with Gasteiger partial charge in [-0.25, -0.2) is 8.42 Å². The van der Waals surface area contributed by atoms with Gasteiger partial charge < -0.3 is 5.32 Å². The lowest BCUT2D eigenvalue weighted by Gasteiger charge is -2.11. The standard InChI is InChI=1S/C6H8BrNO2S/c1-11(9,10)5-2-3-6(7)8-4-5/h2-4,6,8H,1H3. The molecule has 1 atom stereocenters. The van der Waals surface area contributed by atoms with Crippen LogP contribution in [0.5, 0.6) is 0 Å². The van der Waals surface area contributed by atoms with Crippen LogP contribution in [0.3, 0.4) is 0 Å². The van der Waals surface area contributed by atoms with Crippen molar-refractivity contribution in [1.82, 2.24) is 5.32 Å². The van der Waals surface area contributed by atoms with E-state index in [9.17, 15) is 8.42 Å². The van der Waals surface area contributed by atoms with Gasteiger partial charge in [-0.15, -0.1) is 0 Å². The smallest absolute Gasteiger partial charge is 0.176 e. The van der Waals surface area contributed by atoms with Crippen molar-refractivity contribution < 1.29 is 8.42 Å². The van der Waals surface area contributed by atoms with E-state index in [1.54, 1.807) is 12.2 Å². The summed E-state index contributed by atoms with van der Waals surface area (Å²) in [5.41, 5.74) is 0. The maximum atomic E-state index is 10.9. The maximum Gasteiger partial charge on any atom is 0.176 e. The van der Waals surface area contributed by atoms with Gasteiger partial charge in [-0.05, 0) is 6.08 Å². The minimum atomic E-state index is -3.06. The van der Waals surface area contributed by atoms with Crippen molar-refractivity contribution in [3.8, 4) is 0 Å². The molecule has 1 rings (SSSR count). The maximum absolute atomic E-state index is 10.9. The number of sulfone groups is 1. The lowest BCUT2D eigenvalue weighted by Crippen LogP contribution is -2.19. The molecule has 0 saturated carbocycles. The van der Waals surface area contributed by atoms with E-state index in [2.05, 4.69) is 21.2 Å². The van der Waals surface area contributed by atoms with Crippen molar-refractivity contribution in [1.29, 1.82) is 0 Å². The molecule has 0 spiro atoms. The number of hydrogen-bond acceptors (Lipinski definition) is 3. The van der Waals surface area contributed by atoms with Gasteiger partial charge in [0.25, 0.3) is 0 Å². The summed E-state index contributed by atoms with van der Waals surface area (Å²) in [6.07, 6.45) is 5.97. The summed E-state index contributed by atoms with van der Waals surface area (Å²) >= 11 is 3.25. The Morgan fingerprint density at radius 1 is 1.64 bits per heavy atom. The Morgan fingerprint density at radius 3 is 2.64 bits per heavy atom. The highest BCUT2D eigenvalue weighted by molar-refractivity contribution is 9.09. The Bertz CT molecular complexity index is 305. The monoisotopic (exact) mass is 237 g/mol. The van der Waals surface area contributed by atoms with E-state index in [0.717, 1.165) is 0 Å². The molecule has 1 aliphatic heterocycles. The summed E-state index contributed by atoms with van der Waals surface area (Å²) < 4.78 is 21.8. The Morgan fingerprint density at radius 2 is 2.27 bits per heavy atom. The van der Waals surface area contributed by atoms with E-state index in [1.165, 1.54) is 12.5 Å². The van der Waals surface area contributed by atoms with E-state index in [4.69, 9.17) is 0 Å². The molecule has 0 saturated heterocycles. The van der Waals surface area contributed by atoms with Gasteiger partial charge in [0.1, 0.15) is 4.95 Å². The van der Waals surface area contributed by atoms with Crippen LogP contribution in [0.15, 0.2) is 23.3 Å². The van der Waals surface area contributed by atoms with Crippen molar-refractivity contribution in [3.05, 3.63) is 23.3 Å². The lowest BCUT2D eigenvalue weighted by atomic mass is 10.4. The number of rotatable bonds is 1. The van der Waals surface area contributed by atoms with Crippen LogP contribution >= 0.6 is 15.9 Å². The summed E-state index contributed by atoms with van der Waals surface area (Å²) in [5, 5.41) is 2.83. The van der Waals surface area contributed by atoms with Crippen LogP contribution in [0.2, 0.25) is 0 Å². The lowest BCUT2D eigenvalue weighted by molar-refractivity contribution is 0.608. The van der Waals surface area contributed by atoms with Crippen molar-refractivity contribution >= 4 is 25.8 Å². The van der Waals surface area contributed by atoms with Gasteiger partial charge in [0.15, 0.2) is 9.84 Å². The van der Waals surface area contributed by atoms with Gasteiger partial charge in [-0.2, -0.15) is 0 Å². The van der Waals surface area contributed by atoms with Gasteiger partial charge in [0, 0.05) is 12.5 Å². The zero-order chi connectivity index (χ0) is 8.48. The largest absolute Gasteiger partial charge is 0.374 e. The van der Waals surface area contributed by atoms with Gasteiger partial charge in [0.2, 0.25) is 0 Å². The van der Waals surface area contributed by atoms with Crippen LogP contribution in [-0.4, -0.2) is 19.6 Å². The SMILES string of the molecule is CS(=O)(=O)C1=CNC(Br)C=C1. The average Bonchev–Trinajstić information content (AvgIpc) is 1.86. The number of nitrogens with one attached hydrogen (secondary N) is 1. The van der Waals surface area contributed by atoms with Crippen molar-refractivity contribution in [3.63, 3.8) is 0 Å². The zero-order valence-electron chi connectivity index (χ0n) is 5.91. The van der Waals surface area contributed by atoms with Crippen molar-refractivity contribution in [2.75, 3.05) is 6.26 Å². The molecule has 3 nitrogen and oxygen atoms in total. The number of halogens is 1. The van der Waals surface area contributed by atoms with Gasteiger partial charge >= 0.3 is 0 Å². The molecule has 1 N–H and O–H groups in total. The second kappa shape index (κ2) is 2.98. The van der Waals surface area contributed by atoms with Gasteiger partial charge in [0.05, 0.1) is 4.91 Å². The fraction of sp³-hybridized carbons (Fsp3) is 0.333. The number of dihydropyridines is 1. The Kier molecular flexibility index (Phi) is 2.39. The molecule has 0 aromatic heterocycles. The normalized spacial score (nSPS) is 24.2. The summed E-state index contributed by atoms with van der Waals surface area (Å²) in [6.45, 7) is 0. The molecular weight excluding hydrogens is 230 g/mol. The Labute approximate surface area is 74.2 Å². The number of allylic oxidation sites excluding steroid dienone is 1. The van der Waals surface area contributed by atoms with Crippen LogP contribution in [0, 0.1) is 0 Å². The Hall–Kier alpha value is -0.290. The third-order valence-corrected chi connectivity index (χ3v) is 2.92. The highest BCUT2D eigenvalue weighted by Crippen LogP contribution is 2.12. The minimum Gasteiger partial charge on any atom is -0.374 e. The third kappa shape index (κ3) is 2.34. The van der Waals surface area contributed by atoms with Crippen LogP contribution in [0.1, 0.15) is 0 Å². The van der Waals surface area contributed by atoms with E-state index in [1.807, 2.05) is 0 Å². The van der Waals surface area contributed by atoms with Crippen LogP contribution in [-0.2, 0) is 9.84 Å². The molecule has 0 amide bonds. The van der Waals surface area contributed by atoms with Gasteiger partial charge in [-0.1, -0.05) is 22.0 Å². The minimum absolute atomic E-state index is 0.0352. The molecular formula is C6H8BrNO2S. The molecule has 0 aromatic carbocycles. The molecule has 5 heteroatoms.